The molecular weight excluding hydrogens is 865 g/mol. The van der Waals surface area contributed by atoms with Gasteiger partial charge in [-0.1, -0.05) is 0 Å². The number of hydrogen-bond donors (Lipinski definition) is 0. The van der Waals surface area contributed by atoms with Crippen LogP contribution in [0.1, 0.15) is 0 Å². The van der Waals surface area contributed by atoms with Gasteiger partial charge in [0.25, 0.3) is 0 Å². The topological polar surface area (TPSA) is 9.72 Å². The summed E-state index contributed by atoms with van der Waals surface area (Å²) in [7, 11) is 0. The first-order valence-corrected chi connectivity index (χ1v) is 23.9. The molecule has 0 unspecified atom stereocenters. The Balaban J connectivity index is 1.19. The fourth-order valence-electron chi connectivity index (χ4n) is 7.76. The SMILES string of the molecule is c1ccc(N(c2ccccc2)c2cc3sc4c5cc(N(c6ccccc6)c6ccccc6)[se]c5c5[se]c(N(c6ccccc6)c6ccccc6)cc5c4c3s2)cc1. The number of nitrogens with zero attached hydrogens (tertiary/aromatic N) is 3. The Morgan fingerprint density at radius 2 is 0.684 bits per heavy atom. The molecule has 0 bridgehead atoms. The molecule has 272 valence electrons. The van der Waals surface area contributed by atoms with Crippen molar-refractivity contribution in [2.45, 2.75) is 0 Å². The minimum atomic E-state index is 0.0725. The summed E-state index contributed by atoms with van der Waals surface area (Å²) in [5, 5.41) is 5.45. The van der Waals surface area contributed by atoms with E-state index in [1.165, 1.54) is 75.7 Å². The van der Waals surface area contributed by atoms with Gasteiger partial charge < -0.3 is 0 Å². The summed E-state index contributed by atoms with van der Waals surface area (Å²) < 4.78 is 9.91. The van der Waals surface area contributed by atoms with E-state index in [-0.39, 0.29) is 29.0 Å². The molecular formula is C50H33N3S2Se2. The predicted molar refractivity (Wildman–Crippen MR) is 250 cm³/mol. The molecule has 4 aromatic heterocycles. The molecule has 11 aromatic rings. The monoisotopic (exact) mass is 899 g/mol. The Morgan fingerprint density at radius 1 is 0.333 bits per heavy atom. The number of benzene rings is 7. The van der Waals surface area contributed by atoms with Crippen LogP contribution in [0.2, 0.25) is 0 Å². The minimum absolute atomic E-state index is 0.0725. The van der Waals surface area contributed by atoms with Crippen LogP contribution in [0.3, 0.4) is 0 Å². The van der Waals surface area contributed by atoms with Crippen molar-refractivity contribution in [2.75, 3.05) is 14.7 Å². The van der Waals surface area contributed by atoms with E-state index in [0.29, 0.717) is 0 Å². The quantitative estimate of drug-likeness (QED) is 0.134. The number of hydrogen-bond acceptors (Lipinski definition) is 5. The van der Waals surface area contributed by atoms with Crippen molar-refractivity contribution in [3.05, 3.63) is 200 Å². The van der Waals surface area contributed by atoms with Crippen LogP contribution in [-0.4, -0.2) is 29.0 Å². The second kappa shape index (κ2) is 14.7. The van der Waals surface area contributed by atoms with Crippen LogP contribution < -0.4 is 14.7 Å². The number of anilines is 9. The first-order chi connectivity index (χ1) is 28.3. The molecule has 0 aliphatic heterocycles. The normalized spacial score (nSPS) is 11.5. The summed E-state index contributed by atoms with van der Waals surface area (Å²) in [6.07, 6.45) is 0. The third-order valence-corrected chi connectivity index (χ3v) is 18.1. The van der Waals surface area contributed by atoms with Crippen LogP contribution in [0.4, 0.5) is 48.2 Å². The van der Waals surface area contributed by atoms with Crippen LogP contribution in [0.5, 0.6) is 0 Å². The van der Waals surface area contributed by atoms with Crippen LogP contribution in [0.25, 0.3) is 38.8 Å². The van der Waals surface area contributed by atoms with Crippen LogP contribution in [-0.2, 0) is 0 Å². The fourth-order valence-corrected chi connectivity index (χ4v) is 16.4. The Morgan fingerprint density at radius 3 is 1.09 bits per heavy atom. The van der Waals surface area contributed by atoms with Gasteiger partial charge in [-0.2, -0.15) is 0 Å². The van der Waals surface area contributed by atoms with Gasteiger partial charge in [-0.15, -0.1) is 0 Å². The van der Waals surface area contributed by atoms with Gasteiger partial charge in [-0.25, -0.2) is 0 Å². The summed E-state index contributed by atoms with van der Waals surface area (Å²) in [4.78, 5) is 7.39. The molecule has 0 aliphatic carbocycles. The molecule has 57 heavy (non-hydrogen) atoms. The van der Waals surface area contributed by atoms with Gasteiger partial charge in [0, 0.05) is 0 Å². The number of para-hydroxylation sites is 6. The molecule has 0 saturated heterocycles. The Labute approximate surface area is 351 Å². The Kier molecular flexibility index (Phi) is 8.93. The van der Waals surface area contributed by atoms with Crippen molar-refractivity contribution in [3.63, 3.8) is 0 Å². The summed E-state index contributed by atoms with van der Waals surface area (Å²) in [5.74, 6) is 0. The molecule has 0 aliphatic rings. The molecule has 3 nitrogen and oxygen atoms in total. The van der Waals surface area contributed by atoms with E-state index in [0.717, 1.165) is 11.4 Å². The molecule has 7 heteroatoms. The van der Waals surface area contributed by atoms with E-state index in [9.17, 15) is 0 Å². The number of thiophene rings is 2. The Bertz CT molecular complexity index is 3000. The molecule has 4 heterocycles. The number of rotatable bonds is 9. The van der Waals surface area contributed by atoms with Gasteiger partial charge in [-0.3, -0.25) is 0 Å². The predicted octanol–water partition coefficient (Wildman–Crippen LogP) is 14.9. The van der Waals surface area contributed by atoms with Gasteiger partial charge >= 0.3 is 354 Å². The van der Waals surface area contributed by atoms with E-state index in [4.69, 9.17) is 0 Å². The van der Waals surface area contributed by atoms with E-state index >= 15 is 0 Å². The average molecular weight is 898 g/mol. The molecule has 7 aromatic carbocycles. The van der Waals surface area contributed by atoms with Gasteiger partial charge in [0.05, 0.1) is 0 Å². The van der Waals surface area contributed by atoms with Crippen molar-refractivity contribution < 1.29 is 0 Å². The average Bonchev–Trinajstić information content (AvgIpc) is 4.07. The molecule has 0 radical (unpaired) electrons. The number of fused-ring (bicyclic) bond motifs is 8. The third-order valence-electron chi connectivity index (χ3n) is 10.3. The van der Waals surface area contributed by atoms with Crippen molar-refractivity contribution in [1.29, 1.82) is 0 Å². The fraction of sp³-hybridized carbons (Fsp3) is 0. The third kappa shape index (κ3) is 6.16. The van der Waals surface area contributed by atoms with E-state index < -0.39 is 0 Å². The van der Waals surface area contributed by atoms with Crippen LogP contribution >= 0.6 is 22.7 Å². The standard InChI is InChI=1S/C50H33N3S2Se2/c1-7-19-34(20-8-1)51(35-21-9-2-10-22-35)43-33-42-48(55-43)46-40-31-44(52(36-23-11-3-12-24-36)37-25-13-4-14-26-37)56-49(40)50-41(47(46)54-42)32-45(57-50)53(38-27-15-5-16-28-38)39-29-17-6-18-30-39/h1-33H. The summed E-state index contributed by atoms with van der Waals surface area (Å²) in [5.41, 5.74) is 7.10. The van der Waals surface area contributed by atoms with E-state index in [1.807, 2.05) is 22.7 Å². The zero-order valence-electron chi connectivity index (χ0n) is 30.5. The zero-order valence-corrected chi connectivity index (χ0v) is 35.6. The second-order valence-corrected chi connectivity index (χ2v) is 20.2. The molecule has 0 saturated carbocycles. The first-order valence-electron chi connectivity index (χ1n) is 18.8. The van der Waals surface area contributed by atoms with Crippen molar-refractivity contribution >= 4 is 139 Å². The van der Waals surface area contributed by atoms with Crippen molar-refractivity contribution in [3.8, 4) is 0 Å². The maximum absolute atomic E-state index is 2.54. The molecule has 11 rings (SSSR count). The van der Waals surface area contributed by atoms with Gasteiger partial charge in [0.15, 0.2) is 0 Å². The van der Waals surface area contributed by atoms with E-state index in [2.05, 4.69) is 215 Å². The molecule has 0 amide bonds. The maximum atomic E-state index is 2.54. The first kappa shape index (κ1) is 34.6. The zero-order chi connectivity index (χ0) is 37.7. The van der Waals surface area contributed by atoms with E-state index in [1.54, 1.807) is 0 Å². The molecule has 0 N–H and O–H groups in total. The van der Waals surface area contributed by atoms with Gasteiger partial charge in [-0.05, 0) is 0 Å². The molecule has 0 fully saturated rings. The van der Waals surface area contributed by atoms with Crippen molar-refractivity contribution in [1.82, 2.24) is 0 Å². The summed E-state index contributed by atoms with van der Waals surface area (Å²) in [6.45, 7) is 0. The van der Waals surface area contributed by atoms with Crippen LogP contribution in [0.15, 0.2) is 200 Å². The van der Waals surface area contributed by atoms with Gasteiger partial charge in [0.2, 0.25) is 0 Å². The van der Waals surface area contributed by atoms with Crippen molar-refractivity contribution in [2.24, 2.45) is 0 Å². The summed E-state index contributed by atoms with van der Waals surface area (Å²) in [6, 6.07) is 72.6. The molecule has 0 atom stereocenters. The van der Waals surface area contributed by atoms with Crippen LogP contribution in [0, 0.1) is 0 Å². The second-order valence-electron chi connectivity index (χ2n) is 13.8. The summed E-state index contributed by atoms with van der Waals surface area (Å²) >= 11 is 4.05. The molecule has 0 spiro atoms. The Hall–Kier alpha value is -5.62. The van der Waals surface area contributed by atoms with Gasteiger partial charge in [0.1, 0.15) is 0 Å².